The maximum absolute atomic E-state index is 13.4. The molecule has 0 aliphatic heterocycles. The van der Waals surface area contributed by atoms with Crippen LogP contribution in [0, 0.1) is 23.0 Å². The summed E-state index contributed by atoms with van der Waals surface area (Å²) in [6, 6.07) is 4.87. The Hall–Kier alpha value is -2.63. The van der Waals surface area contributed by atoms with E-state index in [9.17, 15) is 13.6 Å². The second kappa shape index (κ2) is 6.24. The lowest BCUT2D eigenvalue weighted by Crippen LogP contribution is -2.16. The van der Waals surface area contributed by atoms with Gasteiger partial charge >= 0.3 is 0 Å². The van der Waals surface area contributed by atoms with Crippen molar-refractivity contribution in [1.82, 2.24) is 4.98 Å². The molecule has 1 aromatic heterocycles. The van der Waals surface area contributed by atoms with E-state index in [1.165, 1.54) is 18.3 Å². The van der Waals surface area contributed by atoms with Crippen molar-refractivity contribution in [2.24, 2.45) is 5.92 Å². The standard InChI is InChI=1S/C17H15F2N3O/c18-13-3-11(4-14(19)6-13)12-5-15(16(7-20)21-8-12)22-9-17(23)10-1-2-10/h3-8,10,20,22H,1-2,9H2. The van der Waals surface area contributed by atoms with E-state index < -0.39 is 11.6 Å². The Morgan fingerprint density at radius 2 is 1.91 bits per heavy atom. The predicted octanol–water partition coefficient (Wildman–Crippen LogP) is 3.42. The summed E-state index contributed by atoms with van der Waals surface area (Å²) in [7, 11) is 0. The summed E-state index contributed by atoms with van der Waals surface area (Å²) >= 11 is 0. The number of nitrogens with zero attached hydrogens (tertiary/aromatic N) is 1. The average molecular weight is 315 g/mol. The molecule has 2 N–H and O–H groups in total. The van der Waals surface area contributed by atoms with Gasteiger partial charge in [0.2, 0.25) is 0 Å². The topological polar surface area (TPSA) is 65.8 Å². The van der Waals surface area contributed by atoms with E-state index in [2.05, 4.69) is 10.3 Å². The van der Waals surface area contributed by atoms with Crippen LogP contribution in [0.1, 0.15) is 18.5 Å². The molecule has 0 atom stereocenters. The molecule has 23 heavy (non-hydrogen) atoms. The Morgan fingerprint density at radius 3 is 2.52 bits per heavy atom. The zero-order valence-electron chi connectivity index (χ0n) is 12.3. The van der Waals surface area contributed by atoms with Crippen molar-refractivity contribution in [3.63, 3.8) is 0 Å². The molecule has 1 fully saturated rings. The zero-order chi connectivity index (χ0) is 16.4. The van der Waals surface area contributed by atoms with E-state index in [4.69, 9.17) is 5.41 Å². The van der Waals surface area contributed by atoms with E-state index in [0.29, 0.717) is 22.5 Å². The van der Waals surface area contributed by atoms with Gasteiger partial charge in [0.25, 0.3) is 0 Å². The van der Waals surface area contributed by atoms with Gasteiger partial charge in [0.05, 0.1) is 12.2 Å². The molecule has 6 heteroatoms. The van der Waals surface area contributed by atoms with Crippen molar-refractivity contribution < 1.29 is 13.6 Å². The van der Waals surface area contributed by atoms with Crippen molar-refractivity contribution in [3.05, 3.63) is 47.8 Å². The predicted molar refractivity (Wildman–Crippen MR) is 83.7 cm³/mol. The molecular weight excluding hydrogens is 300 g/mol. The fraction of sp³-hybridized carbons (Fsp3) is 0.235. The van der Waals surface area contributed by atoms with Crippen LogP contribution in [-0.4, -0.2) is 23.5 Å². The van der Waals surface area contributed by atoms with Crippen LogP contribution in [-0.2, 0) is 4.79 Å². The smallest absolute Gasteiger partial charge is 0.154 e. The molecule has 2 aromatic rings. The molecule has 1 aliphatic carbocycles. The Balaban J connectivity index is 1.88. The van der Waals surface area contributed by atoms with E-state index in [0.717, 1.165) is 25.1 Å². The van der Waals surface area contributed by atoms with Crippen LogP contribution in [0.25, 0.3) is 11.1 Å². The Bertz CT molecular complexity index is 752. The van der Waals surface area contributed by atoms with Gasteiger partial charge in [0.1, 0.15) is 17.3 Å². The summed E-state index contributed by atoms with van der Waals surface area (Å²) < 4.78 is 26.7. The van der Waals surface area contributed by atoms with Gasteiger partial charge < -0.3 is 10.7 Å². The van der Waals surface area contributed by atoms with Gasteiger partial charge in [-0.3, -0.25) is 9.78 Å². The average Bonchev–Trinajstić information content (AvgIpc) is 3.36. The number of rotatable bonds is 6. The SMILES string of the molecule is N=Cc1ncc(-c2cc(F)cc(F)c2)cc1NCC(=O)C1CC1. The highest BCUT2D eigenvalue weighted by Crippen LogP contribution is 2.30. The fourth-order valence-electron chi connectivity index (χ4n) is 2.34. The fourth-order valence-corrected chi connectivity index (χ4v) is 2.34. The first-order valence-corrected chi connectivity index (χ1v) is 7.30. The number of aromatic nitrogens is 1. The largest absolute Gasteiger partial charge is 0.376 e. The van der Waals surface area contributed by atoms with E-state index in [-0.39, 0.29) is 18.2 Å². The zero-order valence-corrected chi connectivity index (χ0v) is 12.3. The summed E-state index contributed by atoms with van der Waals surface area (Å²) in [5.74, 6) is -1.08. The highest BCUT2D eigenvalue weighted by atomic mass is 19.1. The molecule has 3 rings (SSSR count). The molecule has 0 bridgehead atoms. The lowest BCUT2D eigenvalue weighted by Gasteiger charge is -2.10. The highest BCUT2D eigenvalue weighted by Gasteiger charge is 2.28. The monoisotopic (exact) mass is 315 g/mol. The van der Waals surface area contributed by atoms with Crippen molar-refractivity contribution >= 4 is 17.7 Å². The summed E-state index contributed by atoms with van der Waals surface area (Å²) in [6.45, 7) is 0.161. The molecule has 1 aromatic carbocycles. The molecule has 4 nitrogen and oxygen atoms in total. The highest BCUT2D eigenvalue weighted by molar-refractivity contribution is 5.90. The number of carbonyl (C=O) groups is 1. The van der Waals surface area contributed by atoms with Gasteiger partial charge in [-0.15, -0.1) is 0 Å². The van der Waals surface area contributed by atoms with Gasteiger partial charge in [-0.05, 0) is 36.6 Å². The van der Waals surface area contributed by atoms with Crippen LogP contribution in [0.15, 0.2) is 30.5 Å². The molecule has 1 saturated carbocycles. The number of pyridine rings is 1. The first kappa shape index (κ1) is 15.3. The lowest BCUT2D eigenvalue weighted by molar-refractivity contribution is -0.118. The van der Waals surface area contributed by atoms with Crippen LogP contribution >= 0.6 is 0 Å². The third-order valence-corrected chi connectivity index (χ3v) is 3.74. The molecule has 0 spiro atoms. The number of anilines is 1. The third-order valence-electron chi connectivity index (χ3n) is 3.74. The Kier molecular flexibility index (Phi) is 4.14. The number of halogens is 2. The first-order chi connectivity index (χ1) is 11.1. The minimum Gasteiger partial charge on any atom is -0.376 e. The minimum absolute atomic E-state index is 0.128. The van der Waals surface area contributed by atoms with Gasteiger partial charge in [-0.25, -0.2) is 8.78 Å². The number of hydrogen-bond acceptors (Lipinski definition) is 4. The molecular formula is C17H15F2N3O. The van der Waals surface area contributed by atoms with Crippen LogP contribution in [0.3, 0.4) is 0 Å². The van der Waals surface area contributed by atoms with Crippen molar-refractivity contribution in [1.29, 1.82) is 5.41 Å². The maximum Gasteiger partial charge on any atom is 0.154 e. The Morgan fingerprint density at radius 1 is 1.22 bits per heavy atom. The molecule has 0 amide bonds. The molecule has 0 saturated heterocycles. The van der Waals surface area contributed by atoms with Gasteiger partial charge in [-0.1, -0.05) is 0 Å². The number of nitrogens with one attached hydrogen (secondary N) is 2. The summed E-state index contributed by atoms with van der Waals surface area (Å²) in [6.07, 6.45) is 4.37. The molecule has 0 radical (unpaired) electrons. The minimum atomic E-state index is -0.672. The molecule has 1 heterocycles. The van der Waals surface area contributed by atoms with E-state index in [1.54, 1.807) is 6.07 Å². The molecule has 0 unspecified atom stereocenters. The van der Waals surface area contributed by atoms with Gasteiger partial charge in [0, 0.05) is 30.0 Å². The first-order valence-electron chi connectivity index (χ1n) is 7.30. The quantitative estimate of drug-likeness (QED) is 0.803. The normalized spacial score (nSPS) is 13.7. The molecule has 1 aliphatic rings. The van der Waals surface area contributed by atoms with Crippen LogP contribution in [0.5, 0.6) is 0 Å². The lowest BCUT2D eigenvalue weighted by atomic mass is 10.1. The third kappa shape index (κ3) is 3.59. The molecule has 118 valence electrons. The number of benzene rings is 1. The van der Waals surface area contributed by atoms with E-state index >= 15 is 0 Å². The van der Waals surface area contributed by atoms with Gasteiger partial charge in [0.15, 0.2) is 5.78 Å². The maximum atomic E-state index is 13.4. The van der Waals surface area contributed by atoms with E-state index in [1.807, 2.05) is 0 Å². The van der Waals surface area contributed by atoms with Crippen molar-refractivity contribution in [2.45, 2.75) is 12.8 Å². The summed E-state index contributed by atoms with van der Waals surface area (Å²) in [5, 5.41) is 10.4. The second-order valence-electron chi connectivity index (χ2n) is 5.55. The van der Waals surface area contributed by atoms with Crippen molar-refractivity contribution in [2.75, 3.05) is 11.9 Å². The number of hydrogen-bond donors (Lipinski definition) is 2. The van der Waals surface area contributed by atoms with Crippen LogP contribution < -0.4 is 5.32 Å². The van der Waals surface area contributed by atoms with Crippen molar-refractivity contribution in [3.8, 4) is 11.1 Å². The van der Waals surface area contributed by atoms with Crippen LogP contribution in [0.2, 0.25) is 0 Å². The summed E-state index contributed by atoms with van der Waals surface area (Å²) in [5.41, 5.74) is 1.73. The van der Waals surface area contributed by atoms with Gasteiger partial charge in [-0.2, -0.15) is 0 Å². The number of Topliss-reactive ketones (excluding diaryl/α,β-unsaturated/α-hetero) is 1. The number of carbonyl (C=O) groups excluding carboxylic acids is 1. The summed E-state index contributed by atoms with van der Waals surface area (Å²) in [4.78, 5) is 15.9. The second-order valence-corrected chi connectivity index (χ2v) is 5.55. The Labute approximate surface area is 132 Å². The number of ketones is 1. The van der Waals surface area contributed by atoms with Crippen LogP contribution in [0.4, 0.5) is 14.5 Å².